The van der Waals surface area contributed by atoms with Crippen LogP contribution in [-0.4, -0.2) is 31.2 Å². The molecule has 0 bridgehead atoms. The maximum absolute atomic E-state index is 12.4. The zero-order valence-corrected chi connectivity index (χ0v) is 12.2. The summed E-state index contributed by atoms with van der Waals surface area (Å²) in [6, 6.07) is 3.58. The molecule has 0 unspecified atom stereocenters. The van der Waals surface area contributed by atoms with Crippen LogP contribution in [0, 0.1) is 0 Å². The summed E-state index contributed by atoms with van der Waals surface area (Å²) in [5.74, 6) is -0.723. The van der Waals surface area contributed by atoms with Crippen molar-refractivity contribution in [3.05, 3.63) is 23.2 Å². The Morgan fingerprint density at radius 1 is 1.42 bits per heavy atom. The first-order valence-electron chi connectivity index (χ1n) is 5.51. The number of benzene rings is 1. The van der Waals surface area contributed by atoms with E-state index in [0.717, 1.165) is 4.31 Å². The Bertz CT molecular complexity index is 587. The molecule has 8 heteroatoms. The molecule has 0 atom stereocenters. The Morgan fingerprint density at radius 2 is 2.00 bits per heavy atom. The summed E-state index contributed by atoms with van der Waals surface area (Å²) in [7, 11) is -3.84. The molecular weight excluding hydrogens is 290 g/mol. The lowest BCUT2D eigenvalue weighted by Gasteiger charge is -2.24. The van der Waals surface area contributed by atoms with Gasteiger partial charge in [0, 0.05) is 6.04 Å². The molecule has 0 aliphatic rings. The lowest BCUT2D eigenvalue weighted by atomic mass is 10.3. The standard InChI is InChI=1S/C11H16ClN3O3S/c1-7(2)15(6-11(14)16)19(17,18)8-3-4-9(12)10(13)5-8/h3-5,7H,6,13H2,1-2H3,(H2,14,16). The average Bonchev–Trinajstić information content (AvgIpc) is 2.28. The van der Waals surface area contributed by atoms with Gasteiger partial charge in [0.1, 0.15) is 0 Å². The fourth-order valence-electron chi connectivity index (χ4n) is 1.52. The zero-order chi connectivity index (χ0) is 14.8. The number of anilines is 1. The van der Waals surface area contributed by atoms with Crippen LogP contribution in [0.2, 0.25) is 5.02 Å². The first-order chi connectivity index (χ1) is 8.66. The van der Waals surface area contributed by atoms with Gasteiger partial charge in [-0.2, -0.15) is 4.31 Å². The highest BCUT2D eigenvalue weighted by atomic mass is 35.5. The fraction of sp³-hybridized carbons (Fsp3) is 0.364. The first kappa shape index (κ1) is 15.7. The van der Waals surface area contributed by atoms with Crippen molar-refractivity contribution in [2.24, 2.45) is 5.73 Å². The Kier molecular flexibility index (Phi) is 4.78. The summed E-state index contributed by atoms with van der Waals surface area (Å²) in [5.41, 5.74) is 10.8. The van der Waals surface area contributed by atoms with Gasteiger partial charge in [-0.05, 0) is 32.0 Å². The van der Waals surface area contributed by atoms with E-state index in [2.05, 4.69) is 0 Å². The third kappa shape index (κ3) is 3.59. The number of amides is 1. The molecule has 106 valence electrons. The van der Waals surface area contributed by atoms with E-state index in [1.54, 1.807) is 13.8 Å². The van der Waals surface area contributed by atoms with Crippen molar-refractivity contribution in [2.45, 2.75) is 24.8 Å². The number of hydrogen-bond donors (Lipinski definition) is 2. The largest absolute Gasteiger partial charge is 0.397 e. The van der Waals surface area contributed by atoms with E-state index < -0.39 is 22.0 Å². The number of hydrogen-bond acceptors (Lipinski definition) is 4. The predicted octanol–water partition coefficient (Wildman–Crippen LogP) is 0.807. The molecule has 0 aromatic heterocycles. The summed E-state index contributed by atoms with van der Waals surface area (Å²) in [4.78, 5) is 11.0. The Morgan fingerprint density at radius 3 is 2.42 bits per heavy atom. The summed E-state index contributed by atoms with van der Waals surface area (Å²) in [6.45, 7) is 2.92. The summed E-state index contributed by atoms with van der Waals surface area (Å²) in [5, 5.41) is 0.268. The van der Waals surface area contributed by atoms with Gasteiger partial charge in [0.15, 0.2) is 0 Å². The van der Waals surface area contributed by atoms with Crippen LogP contribution in [0.4, 0.5) is 5.69 Å². The maximum Gasteiger partial charge on any atom is 0.243 e. The van der Waals surface area contributed by atoms with Crippen LogP contribution < -0.4 is 11.5 Å². The summed E-state index contributed by atoms with van der Waals surface area (Å²) in [6.07, 6.45) is 0. The van der Waals surface area contributed by atoms with E-state index in [0.29, 0.717) is 0 Å². The molecule has 0 aliphatic heterocycles. The van der Waals surface area contributed by atoms with Crippen LogP contribution in [0.15, 0.2) is 23.1 Å². The molecule has 1 aromatic carbocycles. The van der Waals surface area contributed by atoms with Gasteiger partial charge in [0.25, 0.3) is 0 Å². The summed E-state index contributed by atoms with van der Waals surface area (Å²) >= 11 is 5.75. The number of nitrogen functional groups attached to an aromatic ring is 1. The molecule has 0 saturated heterocycles. The molecule has 1 aromatic rings. The number of nitrogens with two attached hydrogens (primary N) is 2. The van der Waals surface area contributed by atoms with Crippen LogP contribution >= 0.6 is 11.6 Å². The van der Waals surface area contributed by atoms with Crippen LogP contribution in [-0.2, 0) is 14.8 Å². The number of rotatable bonds is 5. The minimum Gasteiger partial charge on any atom is -0.397 e. The highest BCUT2D eigenvalue weighted by Crippen LogP contribution is 2.25. The second kappa shape index (κ2) is 5.77. The van der Waals surface area contributed by atoms with Crippen molar-refractivity contribution < 1.29 is 13.2 Å². The molecule has 19 heavy (non-hydrogen) atoms. The molecule has 1 amide bonds. The molecule has 6 nitrogen and oxygen atoms in total. The van der Waals surface area contributed by atoms with Gasteiger partial charge in [-0.1, -0.05) is 11.6 Å². The van der Waals surface area contributed by atoms with E-state index >= 15 is 0 Å². The number of carbonyl (C=O) groups is 1. The smallest absolute Gasteiger partial charge is 0.243 e. The van der Waals surface area contributed by atoms with Crippen LogP contribution in [0.5, 0.6) is 0 Å². The number of sulfonamides is 1. The van der Waals surface area contributed by atoms with E-state index in [1.165, 1.54) is 18.2 Å². The average molecular weight is 306 g/mol. The van der Waals surface area contributed by atoms with Gasteiger partial charge in [0.2, 0.25) is 15.9 Å². The second-order valence-electron chi connectivity index (χ2n) is 4.29. The Hall–Kier alpha value is -1.31. The Labute approximate surface area is 117 Å². The SMILES string of the molecule is CC(C)N(CC(N)=O)S(=O)(=O)c1ccc(Cl)c(N)c1. The van der Waals surface area contributed by atoms with E-state index in [4.69, 9.17) is 23.1 Å². The molecule has 0 fully saturated rings. The van der Waals surface area contributed by atoms with Crippen LogP contribution in [0.25, 0.3) is 0 Å². The highest BCUT2D eigenvalue weighted by molar-refractivity contribution is 7.89. The van der Waals surface area contributed by atoms with Crippen LogP contribution in [0.3, 0.4) is 0 Å². The van der Waals surface area contributed by atoms with Gasteiger partial charge >= 0.3 is 0 Å². The quantitative estimate of drug-likeness (QED) is 0.785. The number of nitrogens with zero attached hydrogens (tertiary/aromatic N) is 1. The lowest BCUT2D eigenvalue weighted by molar-refractivity contribution is -0.118. The van der Waals surface area contributed by atoms with Gasteiger partial charge in [-0.3, -0.25) is 4.79 Å². The highest BCUT2D eigenvalue weighted by Gasteiger charge is 2.28. The van der Waals surface area contributed by atoms with E-state index in [-0.39, 0.29) is 22.2 Å². The van der Waals surface area contributed by atoms with Crippen LogP contribution in [0.1, 0.15) is 13.8 Å². The molecule has 0 spiro atoms. The fourth-order valence-corrected chi connectivity index (χ4v) is 3.27. The number of primary amides is 1. The molecule has 0 radical (unpaired) electrons. The lowest BCUT2D eigenvalue weighted by Crippen LogP contribution is -2.42. The van der Waals surface area contributed by atoms with E-state index in [1.807, 2.05) is 0 Å². The molecule has 0 aliphatic carbocycles. The molecular formula is C11H16ClN3O3S. The van der Waals surface area contributed by atoms with Crippen molar-refractivity contribution in [2.75, 3.05) is 12.3 Å². The summed E-state index contributed by atoms with van der Waals surface area (Å²) < 4.78 is 25.8. The van der Waals surface area contributed by atoms with E-state index in [9.17, 15) is 13.2 Å². The van der Waals surface area contributed by atoms with Crippen molar-refractivity contribution in [3.63, 3.8) is 0 Å². The third-order valence-electron chi connectivity index (χ3n) is 2.46. The van der Waals surface area contributed by atoms with Gasteiger partial charge in [0.05, 0.1) is 22.2 Å². The molecule has 0 heterocycles. The molecule has 4 N–H and O–H groups in total. The molecule has 1 rings (SSSR count). The monoisotopic (exact) mass is 305 g/mol. The minimum absolute atomic E-state index is 0.0237. The second-order valence-corrected chi connectivity index (χ2v) is 6.59. The van der Waals surface area contributed by atoms with Crippen molar-refractivity contribution in [1.29, 1.82) is 0 Å². The minimum atomic E-state index is -3.84. The third-order valence-corrected chi connectivity index (χ3v) is 4.82. The Balaban J connectivity index is 3.26. The zero-order valence-electron chi connectivity index (χ0n) is 10.6. The van der Waals surface area contributed by atoms with Gasteiger partial charge in [-0.25, -0.2) is 8.42 Å². The predicted molar refractivity (Wildman–Crippen MR) is 74.1 cm³/mol. The topological polar surface area (TPSA) is 106 Å². The number of halogens is 1. The van der Waals surface area contributed by atoms with Crippen molar-refractivity contribution in [1.82, 2.24) is 4.31 Å². The number of carbonyl (C=O) groups excluding carboxylic acids is 1. The van der Waals surface area contributed by atoms with Gasteiger partial charge < -0.3 is 11.5 Å². The van der Waals surface area contributed by atoms with Crippen molar-refractivity contribution >= 4 is 33.2 Å². The van der Waals surface area contributed by atoms with Crippen molar-refractivity contribution in [3.8, 4) is 0 Å². The maximum atomic E-state index is 12.4. The van der Waals surface area contributed by atoms with Gasteiger partial charge in [-0.15, -0.1) is 0 Å². The first-order valence-corrected chi connectivity index (χ1v) is 7.33. The normalized spacial score (nSPS) is 12.1. The molecule has 0 saturated carbocycles.